The summed E-state index contributed by atoms with van der Waals surface area (Å²) >= 11 is 0. The van der Waals surface area contributed by atoms with Crippen molar-refractivity contribution in [2.75, 3.05) is 4.72 Å². The number of sulfonamides is 1. The van der Waals surface area contributed by atoms with Crippen molar-refractivity contribution in [2.24, 2.45) is 0 Å². The maximum atomic E-state index is 12.4. The normalized spacial score (nSPS) is 11.1. The van der Waals surface area contributed by atoms with Crippen molar-refractivity contribution < 1.29 is 18.3 Å². The molecule has 0 fully saturated rings. The molecule has 2 rings (SSSR count). The number of nitrogens with one attached hydrogen (secondary N) is 1. The molecule has 0 heterocycles. The highest BCUT2D eigenvalue weighted by molar-refractivity contribution is 7.92. The van der Waals surface area contributed by atoms with Crippen molar-refractivity contribution in [2.45, 2.75) is 18.7 Å². The van der Waals surface area contributed by atoms with E-state index in [-0.39, 0.29) is 10.5 Å². The average Bonchev–Trinajstić information content (AvgIpc) is 2.38. The molecule has 110 valence electrons. The fourth-order valence-corrected chi connectivity index (χ4v) is 3.26. The second kappa shape index (κ2) is 5.57. The van der Waals surface area contributed by atoms with Gasteiger partial charge in [-0.2, -0.15) is 0 Å². The molecule has 6 heteroatoms. The van der Waals surface area contributed by atoms with E-state index >= 15 is 0 Å². The van der Waals surface area contributed by atoms with E-state index in [1.807, 2.05) is 13.0 Å². The number of hydrogen-bond donors (Lipinski definition) is 1. The van der Waals surface area contributed by atoms with E-state index in [2.05, 4.69) is 4.72 Å². The highest BCUT2D eigenvalue weighted by atomic mass is 32.2. The molecule has 0 radical (unpaired) electrons. The molecular weight excluding hydrogens is 290 g/mol. The monoisotopic (exact) mass is 304 g/mol. The van der Waals surface area contributed by atoms with E-state index in [0.717, 1.165) is 11.6 Å². The predicted molar refractivity (Wildman–Crippen MR) is 77.5 cm³/mol. The van der Waals surface area contributed by atoms with Crippen LogP contribution in [0.25, 0.3) is 0 Å². The van der Waals surface area contributed by atoms with Crippen LogP contribution in [-0.4, -0.2) is 14.4 Å². The van der Waals surface area contributed by atoms with Gasteiger partial charge in [0.25, 0.3) is 10.0 Å². The third-order valence-corrected chi connectivity index (χ3v) is 4.51. The van der Waals surface area contributed by atoms with Gasteiger partial charge in [0.2, 0.25) is 0 Å². The Labute approximate surface area is 123 Å². The van der Waals surface area contributed by atoms with E-state index < -0.39 is 16.0 Å². The second-order valence-electron chi connectivity index (χ2n) is 4.74. The summed E-state index contributed by atoms with van der Waals surface area (Å²) in [6, 6.07) is 10.8. The van der Waals surface area contributed by atoms with Crippen LogP contribution in [0.1, 0.15) is 21.5 Å². The SMILES string of the molecule is Cc1cccc(NS(=O)(=O)c2cc(C(=O)[O-])ccc2C)c1. The molecule has 0 aliphatic heterocycles. The minimum atomic E-state index is -3.86. The van der Waals surface area contributed by atoms with Gasteiger partial charge in [-0.05, 0) is 48.7 Å². The van der Waals surface area contributed by atoms with Crippen LogP contribution in [0.4, 0.5) is 5.69 Å². The van der Waals surface area contributed by atoms with Crippen LogP contribution < -0.4 is 9.83 Å². The van der Waals surface area contributed by atoms with E-state index in [9.17, 15) is 18.3 Å². The highest BCUT2D eigenvalue weighted by Crippen LogP contribution is 2.21. The molecule has 21 heavy (non-hydrogen) atoms. The zero-order chi connectivity index (χ0) is 15.6. The third-order valence-electron chi connectivity index (χ3n) is 2.98. The van der Waals surface area contributed by atoms with Crippen LogP contribution in [0.3, 0.4) is 0 Å². The Morgan fingerprint density at radius 1 is 1.10 bits per heavy atom. The second-order valence-corrected chi connectivity index (χ2v) is 6.39. The molecule has 0 atom stereocenters. The van der Waals surface area contributed by atoms with Crippen molar-refractivity contribution >= 4 is 21.7 Å². The average molecular weight is 304 g/mol. The number of hydrogen-bond acceptors (Lipinski definition) is 4. The van der Waals surface area contributed by atoms with Gasteiger partial charge >= 0.3 is 0 Å². The van der Waals surface area contributed by atoms with Crippen LogP contribution in [-0.2, 0) is 10.0 Å². The minimum Gasteiger partial charge on any atom is -0.545 e. The Balaban J connectivity index is 2.44. The van der Waals surface area contributed by atoms with Crippen LogP contribution in [0.5, 0.6) is 0 Å². The first-order chi connectivity index (χ1) is 9.79. The number of aromatic carboxylic acids is 1. The maximum Gasteiger partial charge on any atom is 0.262 e. The molecule has 0 aliphatic carbocycles. The molecule has 1 N–H and O–H groups in total. The molecule has 0 saturated carbocycles. The lowest BCUT2D eigenvalue weighted by Crippen LogP contribution is -2.23. The lowest BCUT2D eigenvalue weighted by molar-refractivity contribution is -0.255. The molecule has 2 aromatic carbocycles. The number of carbonyl (C=O) groups is 1. The lowest BCUT2D eigenvalue weighted by Gasteiger charge is -2.12. The molecule has 0 saturated heterocycles. The van der Waals surface area contributed by atoms with Crippen molar-refractivity contribution in [1.29, 1.82) is 0 Å². The summed E-state index contributed by atoms with van der Waals surface area (Å²) in [5.41, 5.74) is 1.62. The van der Waals surface area contributed by atoms with Crippen molar-refractivity contribution in [1.82, 2.24) is 0 Å². The van der Waals surface area contributed by atoms with E-state index in [1.165, 1.54) is 12.1 Å². The Morgan fingerprint density at radius 2 is 1.81 bits per heavy atom. The van der Waals surface area contributed by atoms with E-state index in [1.54, 1.807) is 25.1 Å². The van der Waals surface area contributed by atoms with Crippen molar-refractivity contribution in [3.8, 4) is 0 Å². The summed E-state index contributed by atoms with van der Waals surface area (Å²) in [7, 11) is -3.86. The zero-order valence-corrected chi connectivity index (χ0v) is 12.4. The summed E-state index contributed by atoms with van der Waals surface area (Å²) in [6.07, 6.45) is 0. The molecule has 5 nitrogen and oxygen atoms in total. The highest BCUT2D eigenvalue weighted by Gasteiger charge is 2.17. The molecule has 0 aromatic heterocycles. The van der Waals surface area contributed by atoms with Gasteiger partial charge in [0, 0.05) is 5.69 Å². The number of carboxylic acids is 1. The van der Waals surface area contributed by atoms with Crippen molar-refractivity contribution in [3.63, 3.8) is 0 Å². The minimum absolute atomic E-state index is 0.0780. The number of aryl methyl sites for hydroxylation is 2. The Morgan fingerprint density at radius 3 is 2.43 bits per heavy atom. The standard InChI is InChI=1S/C15H15NO4S/c1-10-4-3-5-13(8-10)16-21(19,20)14-9-12(15(17)18)7-6-11(14)2/h3-9,16H,1-2H3,(H,17,18)/p-1. The topological polar surface area (TPSA) is 86.3 Å². The van der Waals surface area contributed by atoms with Gasteiger partial charge < -0.3 is 9.90 Å². The molecule has 2 aromatic rings. The lowest BCUT2D eigenvalue weighted by atomic mass is 10.1. The van der Waals surface area contributed by atoms with Gasteiger partial charge in [-0.15, -0.1) is 0 Å². The first-order valence-electron chi connectivity index (χ1n) is 6.21. The van der Waals surface area contributed by atoms with Crippen LogP contribution in [0.2, 0.25) is 0 Å². The van der Waals surface area contributed by atoms with Gasteiger partial charge in [0.15, 0.2) is 0 Å². The number of carbonyl (C=O) groups excluding carboxylic acids is 1. The fourth-order valence-electron chi connectivity index (χ4n) is 1.94. The first kappa shape index (κ1) is 15.1. The summed E-state index contributed by atoms with van der Waals surface area (Å²) < 4.78 is 27.2. The summed E-state index contributed by atoms with van der Waals surface area (Å²) in [6.45, 7) is 3.45. The number of benzene rings is 2. The van der Waals surface area contributed by atoms with Gasteiger partial charge in [-0.1, -0.05) is 24.3 Å². The molecule has 0 aliphatic rings. The van der Waals surface area contributed by atoms with E-state index in [4.69, 9.17) is 0 Å². The summed E-state index contributed by atoms with van der Waals surface area (Å²) in [4.78, 5) is 10.8. The molecule has 0 unspecified atom stereocenters. The van der Waals surface area contributed by atoms with Gasteiger partial charge in [0.05, 0.1) is 10.9 Å². The largest absolute Gasteiger partial charge is 0.545 e. The fraction of sp³-hybridized carbons (Fsp3) is 0.133. The quantitative estimate of drug-likeness (QED) is 0.926. The van der Waals surface area contributed by atoms with Crippen molar-refractivity contribution in [3.05, 3.63) is 59.2 Å². The van der Waals surface area contributed by atoms with Crippen LogP contribution in [0, 0.1) is 13.8 Å². The smallest absolute Gasteiger partial charge is 0.262 e. The predicted octanol–water partition coefficient (Wildman–Crippen LogP) is 1.47. The molecular formula is C15H14NO4S-. The van der Waals surface area contributed by atoms with Crippen LogP contribution >= 0.6 is 0 Å². The van der Waals surface area contributed by atoms with Gasteiger partial charge in [-0.3, -0.25) is 4.72 Å². The third kappa shape index (κ3) is 3.41. The summed E-state index contributed by atoms with van der Waals surface area (Å²) in [5, 5.41) is 10.9. The number of carboxylic acid groups (broad SMARTS) is 1. The number of anilines is 1. The molecule has 0 bridgehead atoms. The molecule has 0 amide bonds. The molecule has 0 spiro atoms. The van der Waals surface area contributed by atoms with Gasteiger partial charge in [0.1, 0.15) is 0 Å². The Bertz CT molecular complexity index is 797. The Hall–Kier alpha value is -2.34. The zero-order valence-electron chi connectivity index (χ0n) is 11.6. The number of rotatable bonds is 4. The Kier molecular flexibility index (Phi) is 3.99. The first-order valence-corrected chi connectivity index (χ1v) is 7.69. The van der Waals surface area contributed by atoms with Gasteiger partial charge in [-0.25, -0.2) is 8.42 Å². The van der Waals surface area contributed by atoms with Crippen LogP contribution in [0.15, 0.2) is 47.4 Å². The van der Waals surface area contributed by atoms with E-state index in [0.29, 0.717) is 11.3 Å². The summed E-state index contributed by atoms with van der Waals surface area (Å²) in [5.74, 6) is -1.41. The maximum absolute atomic E-state index is 12.4.